The minimum absolute atomic E-state index is 0.0171. The summed E-state index contributed by atoms with van der Waals surface area (Å²) in [6, 6.07) is 7.10. The van der Waals surface area contributed by atoms with Crippen LogP contribution in [0.4, 0.5) is 17.6 Å². The van der Waals surface area contributed by atoms with Gasteiger partial charge in [-0.25, -0.2) is 4.39 Å². The molecule has 0 radical (unpaired) electrons. The number of halogens is 5. The number of alkyl halides is 3. The second-order valence-corrected chi connectivity index (χ2v) is 4.97. The normalized spacial score (nSPS) is 20.7. The molecule has 0 fully saturated rings. The summed E-state index contributed by atoms with van der Waals surface area (Å²) < 4.78 is 53.5. The lowest BCUT2D eigenvalue weighted by atomic mass is 9.91. The molecule has 6 heteroatoms. The number of fused-ring (bicyclic) bond motifs is 3. The van der Waals surface area contributed by atoms with Crippen LogP contribution in [0.15, 0.2) is 36.4 Å². The van der Waals surface area contributed by atoms with Gasteiger partial charge in [0, 0.05) is 16.7 Å². The van der Waals surface area contributed by atoms with Crippen molar-refractivity contribution in [2.75, 3.05) is 0 Å². The maximum Gasteiger partial charge on any atom is 0.425 e. The van der Waals surface area contributed by atoms with Gasteiger partial charge in [-0.1, -0.05) is 35.9 Å². The first-order valence-corrected chi connectivity index (χ1v) is 6.03. The quantitative estimate of drug-likeness (QED) is 0.721. The van der Waals surface area contributed by atoms with Crippen LogP contribution in [0.5, 0.6) is 0 Å². The van der Waals surface area contributed by atoms with Crippen molar-refractivity contribution in [3.05, 3.63) is 58.4 Å². The monoisotopic (exact) mass is 302 g/mol. The Balaban J connectivity index is 2.47. The largest absolute Gasteiger partial charge is 0.425 e. The molecule has 1 N–H and O–H groups in total. The van der Waals surface area contributed by atoms with Crippen molar-refractivity contribution >= 4 is 11.6 Å². The number of hydrogen-bond acceptors (Lipinski definition) is 1. The van der Waals surface area contributed by atoms with Gasteiger partial charge < -0.3 is 5.11 Å². The molecule has 0 saturated carbocycles. The van der Waals surface area contributed by atoms with Gasteiger partial charge in [0.25, 0.3) is 0 Å². The van der Waals surface area contributed by atoms with Gasteiger partial charge in [0.2, 0.25) is 5.60 Å². The van der Waals surface area contributed by atoms with Crippen LogP contribution in [0.3, 0.4) is 0 Å². The zero-order valence-corrected chi connectivity index (χ0v) is 10.6. The molecule has 2 aromatic carbocycles. The highest BCUT2D eigenvalue weighted by Crippen LogP contribution is 2.56. The summed E-state index contributed by atoms with van der Waals surface area (Å²) in [6.45, 7) is 0. The molecule has 0 spiro atoms. The Bertz CT molecular complexity index is 711. The van der Waals surface area contributed by atoms with Crippen molar-refractivity contribution < 1.29 is 22.7 Å². The molecule has 0 saturated heterocycles. The van der Waals surface area contributed by atoms with Crippen LogP contribution in [0.1, 0.15) is 11.1 Å². The van der Waals surface area contributed by atoms with Crippen molar-refractivity contribution in [1.29, 1.82) is 0 Å². The summed E-state index contributed by atoms with van der Waals surface area (Å²) in [5.41, 5.74) is -3.98. The van der Waals surface area contributed by atoms with Gasteiger partial charge in [-0.3, -0.25) is 0 Å². The van der Waals surface area contributed by atoms with E-state index in [-0.39, 0.29) is 21.7 Å². The summed E-state index contributed by atoms with van der Waals surface area (Å²) in [7, 11) is 0. The number of rotatable bonds is 0. The fourth-order valence-corrected chi connectivity index (χ4v) is 2.91. The van der Waals surface area contributed by atoms with E-state index in [1.807, 2.05) is 0 Å². The smallest absolute Gasteiger partial charge is 0.372 e. The van der Waals surface area contributed by atoms with Gasteiger partial charge in [-0.05, 0) is 17.7 Å². The van der Waals surface area contributed by atoms with Gasteiger partial charge in [0.1, 0.15) is 5.82 Å². The third-order valence-electron chi connectivity index (χ3n) is 3.44. The molecule has 1 aliphatic carbocycles. The zero-order valence-electron chi connectivity index (χ0n) is 9.80. The average Bonchev–Trinajstić information content (AvgIpc) is 2.61. The SMILES string of the molecule is O[C@]1(C(F)(F)F)c2ccccc2-c2c(Cl)cc(F)cc21. The van der Waals surface area contributed by atoms with Crippen LogP contribution in [-0.4, -0.2) is 11.3 Å². The molecule has 1 aliphatic rings. The Morgan fingerprint density at radius 3 is 2.35 bits per heavy atom. The lowest BCUT2D eigenvalue weighted by Crippen LogP contribution is -2.41. The molecular formula is C14H7ClF4O. The number of benzene rings is 2. The summed E-state index contributed by atoms with van der Waals surface area (Å²) in [4.78, 5) is 0. The highest BCUT2D eigenvalue weighted by atomic mass is 35.5. The van der Waals surface area contributed by atoms with Crippen molar-refractivity contribution in [1.82, 2.24) is 0 Å². The molecule has 0 aromatic heterocycles. The predicted molar refractivity (Wildman–Crippen MR) is 65.9 cm³/mol. The minimum Gasteiger partial charge on any atom is -0.372 e. The van der Waals surface area contributed by atoms with E-state index in [2.05, 4.69) is 0 Å². The van der Waals surface area contributed by atoms with Gasteiger partial charge >= 0.3 is 6.18 Å². The third kappa shape index (κ3) is 1.53. The molecule has 1 nitrogen and oxygen atoms in total. The van der Waals surface area contributed by atoms with Crippen LogP contribution < -0.4 is 0 Å². The molecule has 3 rings (SSSR count). The highest BCUT2D eigenvalue weighted by Gasteiger charge is 2.61. The Kier molecular flexibility index (Phi) is 2.65. The van der Waals surface area contributed by atoms with Gasteiger partial charge in [-0.15, -0.1) is 0 Å². The average molecular weight is 303 g/mol. The summed E-state index contributed by atoms with van der Waals surface area (Å²) in [5, 5.41) is 10.1. The Labute approximate surface area is 116 Å². The van der Waals surface area contributed by atoms with Gasteiger partial charge in [-0.2, -0.15) is 13.2 Å². The van der Waals surface area contributed by atoms with Crippen LogP contribution in [0.2, 0.25) is 5.02 Å². The van der Waals surface area contributed by atoms with E-state index in [1.165, 1.54) is 18.2 Å². The maximum absolute atomic E-state index is 13.4. The van der Waals surface area contributed by atoms with Crippen LogP contribution in [-0.2, 0) is 5.60 Å². The fourth-order valence-electron chi connectivity index (χ4n) is 2.60. The van der Waals surface area contributed by atoms with E-state index < -0.39 is 23.2 Å². The van der Waals surface area contributed by atoms with Crippen LogP contribution in [0.25, 0.3) is 11.1 Å². The molecule has 1 atom stereocenters. The van der Waals surface area contributed by atoms with Gasteiger partial charge in [0.15, 0.2) is 0 Å². The summed E-state index contributed by atoms with van der Waals surface area (Å²) >= 11 is 5.86. The Morgan fingerprint density at radius 2 is 1.70 bits per heavy atom. The van der Waals surface area contributed by atoms with E-state index in [0.29, 0.717) is 6.07 Å². The molecule has 104 valence electrons. The molecule has 0 bridgehead atoms. The zero-order chi connectivity index (χ0) is 14.7. The third-order valence-corrected chi connectivity index (χ3v) is 3.74. The standard InChI is InChI=1S/C14H7ClF4O/c15-11-6-7(16)5-10-12(11)8-3-1-2-4-9(8)13(10,20)14(17,18)19/h1-6,20H/t13-/m1/s1. The summed E-state index contributed by atoms with van der Waals surface area (Å²) in [5.74, 6) is -0.927. The fraction of sp³-hybridized carbons (Fsp3) is 0.143. The second kappa shape index (κ2) is 3.96. The molecule has 2 aromatic rings. The molecule has 0 unspecified atom stereocenters. The molecular weight excluding hydrogens is 296 g/mol. The van der Waals surface area contributed by atoms with E-state index in [4.69, 9.17) is 11.6 Å². The van der Waals surface area contributed by atoms with Crippen LogP contribution in [0, 0.1) is 5.82 Å². The minimum atomic E-state index is -4.98. The number of hydrogen-bond donors (Lipinski definition) is 1. The molecule has 0 amide bonds. The topological polar surface area (TPSA) is 20.2 Å². The number of aliphatic hydroxyl groups is 1. The van der Waals surface area contributed by atoms with E-state index in [0.717, 1.165) is 12.1 Å². The molecule has 0 aliphatic heterocycles. The lowest BCUT2D eigenvalue weighted by molar-refractivity contribution is -0.246. The van der Waals surface area contributed by atoms with Crippen LogP contribution >= 0.6 is 11.6 Å². The van der Waals surface area contributed by atoms with E-state index in [9.17, 15) is 22.7 Å². The maximum atomic E-state index is 13.4. The molecule has 20 heavy (non-hydrogen) atoms. The Morgan fingerprint density at radius 1 is 1.05 bits per heavy atom. The van der Waals surface area contributed by atoms with Crippen molar-refractivity contribution in [2.24, 2.45) is 0 Å². The van der Waals surface area contributed by atoms with Crippen molar-refractivity contribution in [3.63, 3.8) is 0 Å². The van der Waals surface area contributed by atoms with E-state index >= 15 is 0 Å². The second-order valence-electron chi connectivity index (χ2n) is 4.56. The predicted octanol–water partition coefficient (Wildman–Crippen LogP) is 4.26. The van der Waals surface area contributed by atoms with Crippen molar-refractivity contribution in [2.45, 2.75) is 11.8 Å². The highest BCUT2D eigenvalue weighted by molar-refractivity contribution is 6.33. The first kappa shape index (κ1) is 13.4. The van der Waals surface area contributed by atoms with Gasteiger partial charge in [0.05, 0.1) is 5.02 Å². The molecule has 0 heterocycles. The summed E-state index contributed by atoms with van der Waals surface area (Å²) in [6.07, 6.45) is -4.98. The van der Waals surface area contributed by atoms with Crippen molar-refractivity contribution in [3.8, 4) is 11.1 Å². The Hall–Kier alpha value is -1.59. The first-order chi connectivity index (χ1) is 9.26. The lowest BCUT2D eigenvalue weighted by Gasteiger charge is -2.28. The van der Waals surface area contributed by atoms with E-state index in [1.54, 1.807) is 0 Å². The first-order valence-electron chi connectivity index (χ1n) is 5.65.